The highest BCUT2D eigenvalue weighted by atomic mass is 16.5. The van der Waals surface area contributed by atoms with Crippen molar-refractivity contribution >= 4 is 11.9 Å². The van der Waals surface area contributed by atoms with Crippen molar-refractivity contribution in [3.63, 3.8) is 0 Å². The zero-order valence-corrected chi connectivity index (χ0v) is 12.8. The van der Waals surface area contributed by atoms with Crippen LogP contribution in [0.5, 0.6) is 0 Å². The molecule has 7 nitrogen and oxygen atoms in total. The van der Waals surface area contributed by atoms with Crippen molar-refractivity contribution in [2.75, 3.05) is 57.9 Å². The van der Waals surface area contributed by atoms with E-state index >= 15 is 0 Å². The zero-order valence-electron chi connectivity index (χ0n) is 12.8. The van der Waals surface area contributed by atoms with Crippen LogP contribution >= 0.6 is 0 Å². The van der Waals surface area contributed by atoms with Crippen LogP contribution < -0.4 is 10.2 Å². The summed E-state index contributed by atoms with van der Waals surface area (Å²) in [5.41, 5.74) is 0. The first-order chi connectivity index (χ1) is 10.3. The lowest BCUT2D eigenvalue weighted by Crippen LogP contribution is -2.53. The molecule has 1 aromatic heterocycles. The molecule has 0 aromatic carbocycles. The van der Waals surface area contributed by atoms with Crippen molar-refractivity contribution < 1.29 is 4.74 Å². The molecule has 1 aliphatic rings. The van der Waals surface area contributed by atoms with E-state index in [-0.39, 0.29) is 0 Å². The fourth-order valence-electron chi connectivity index (χ4n) is 2.28. The number of ether oxygens (including phenoxy) is 1. The second-order valence-electron chi connectivity index (χ2n) is 4.69. The zero-order chi connectivity index (χ0) is 14.9. The molecule has 1 fully saturated rings. The van der Waals surface area contributed by atoms with Crippen LogP contribution in [0.25, 0.3) is 0 Å². The Morgan fingerprint density at radius 1 is 1.29 bits per heavy atom. The maximum absolute atomic E-state index is 5.33. The van der Waals surface area contributed by atoms with E-state index < -0.39 is 0 Å². The van der Waals surface area contributed by atoms with Crippen LogP contribution in [0.3, 0.4) is 0 Å². The minimum Gasteiger partial charge on any atom is -0.380 e. The molecule has 0 amide bonds. The first-order valence-corrected chi connectivity index (χ1v) is 7.40. The molecule has 1 N–H and O–H groups in total. The summed E-state index contributed by atoms with van der Waals surface area (Å²) in [6.07, 6.45) is 3.56. The van der Waals surface area contributed by atoms with Crippen LogP contribution in [-0.4, -0.2) is 73.8 Å². The van der Waals surface area contributed by atoms with Gasteiger partial charge in [-0.25, -0.2) is 9.97 Å². The maximum Gasteiger partial charge on any atom is 0.225 e. The van der Waals surface area contributed by atoms with Gasteiger partial charge in [0.25, 0.3) is 0 Å². The Kier molecular flexibility index (Phi) is 6.21. The van der Waals surface area contributed by atoms with Gasteiger partial charge >= 0.3 is 0 Å². The van der Waals surface area contributed by atoms with E-state index in [1.54, 1.807) is 12.4 Å². The summed E-state index contributed by atoms with van der Waals surface area (Å²) in [6, 6.07) is 1.84. The number of nitrogens with zero attached hydrogens (tertiary/aromatic N) is 5. The van der Waals surface area contributed by atoms with Gasteiger partial charge in [-0.1, -0.05) is 0 Å². The first-order valence-electron chi connectivity index (χ1n) is 7.40. The van der Waals surface area contributed by atoms with Gasteiger partial charge in [-0.2, -0.15) is 0 Å². The molecule has 116 valence electrons. The lowest BCUT2D eigenvalue weighted by atomic mass is 10.3. The Bertz CT molecular complexity index is 430. The van der Waals surface area contributed by atoms with E-state index in [1.807, 2.05) is 20.0 Å². The van der Waals surface area contributed by atoms with Crippen molar-refractivity contribution in [2.24, 2.45) is 4.99 Å². The maximum atomic E-state index is 5.33. The van der Waals surface area contributed by atoms with E-state index in [9.17, 15) is 0 Å². The second kappa shape index (κ2) is 8.41. The van der Waals surface area contributed by atoms with Crippen LogP contribution in [0.1, 0.15) is 6.92 Å². The Hall–Kier alpha value is -1.89. The van der Waals surface area contributed by atoms with E-state index in [2.05, 4.69) is 30.1 Å². The van der Waals surface area contributed by atoms with Crippen molar-refractivity contribution in [2.45, 2.75) is 6.92 Å². The van der Waals surface area contributed by atoms with Crippen LogP contribution in [0.2, 0.25) is 0 Å². The van der Waals surface area contributed by atoms with Crippen LogP contribution in [-0.2, 0) is 4.74 Å². The normalized spacial score (nSPS) is 16.2. The number of aliphatic imine (C=N–C) groups is 1. The van der Waals surface area contributed by atoms with Gasteiger partial charge in [0, 0.05) is 58.8 Å². The van der Waals surface area contributed by atoms with Gasteiger partial charge in [0.05, 0.1) is 6.61 Å². The van der Waals surface area contributed by atoms with Crippen LogP contribution in [0.4, 0.5) is 5.95 Å². The number of aromatic nitrogens is 2. The molecule has 0 bridgehead atoms. The lowest BCUT2D eigenvalue weighted by Gasteiger charge is -2.36. The smallest absolute Gasteiger partial charge is 0.225 e. The summed E-state index contributed by atoms with van der Waals surface area (Å²) in [4.78, 5) is 17.4. The summed E-state index contributed by atoms with van der Waals surface area (Å²) >= 11 is 0. The third kappa shape index (κ3) is 4.56. The van der Waals surface area contributed by atoms with E-state index in [0.717, 1.165) is 51.2 Å². The number of guanidine groups is 1. The topological polar surface area (TPSA) is 65.9 Å². The molecular formula is C14H24N6O. The summed E-state index contributed by atoms with van der Waals surface area (Å²) in [6.45, 7) is 7.84. The Morgan fingerprint density at radius 2 is 2.00 bits per heavy atom. The lowest BCUT2D eigenvalue weighted by molar-refractivity contribution is 0.151. The average molecular weight is 292 g/mol. The second-order valence-corrected chi connectivity index (χ2v) is 4.69. The van der Waals surface area contributed by atoms with Gasteiger partial charge in [0.15, 0.2) is 5.96 Å². The number of piperazine rings is 1. The summed E-state index contributed by atoms with van der Waals surface area (Å²) in [5, 5.41) is 3.33. The molecule has 21 heavy (non-hydrogen) atoms. The van der Waals surface area contributed by atoms with Gasteiger partial charge in [-0.3, -0.25) is 4.99 Å². The van der Waals surface area contributed by atoms with Crippen molar-refractivity contribution in [1.82, 2.24) is 20.2 Å². The Balaban J connectivity index is 1.79. The summed E-state index contributed by atoms with van der Waals surface area (Å²) in [5.74, 6) is 1.74. The number of nitrogens with one attached hydrogen (secondary N) is 1. The van der Waals surface area contributed by atoms with Crippen molar-refractivity contribution in [3.05, 3.63) is 18.5 Å². The monoisotopic (exact) mass is 292 g/mol. The van der Waals surface area contributed by atoms with E-state index in [1.165, 1.54) is 0 Å². The number of anilines is 1. The van der Waals surface area contributed by atoms with E-state index in [4.69, 9.17) is 4.74 Å². The largest absolute Gasteiger partial charge is 0.380 e. The van der Waals surface area contributed by atoms with Crippen LogP contribution in [0.15, 0.2) is 23.5 Å². The van der Waals surface area contributed by atoms with Gasteiger partial charge < -0.3 is 19.9 Å². The highest BCUT2D eigenvalue weighted by molar-refractivity contribution is 5.80. The molecule has 7 heteroatoms. The third-order valence-electron chi connectivity index (χ3n) is 3.36. The molecule has 0 spiro atoms. The molecule has 2 heterocycles. The summed E-state index contributed by atoms with van der Waals surface area (Å²) in [7, 11) is 1.82. The highest BCUT2D eigenvalue weighted by Gasteiger charge is 2.20. The Labute approximate surface area is 126 Å². The minimum absolute atomic E-state index is 0.702. The summed E-state index contributed by atoms with van der Waals surface area (Å²) < 4.78 is 5.33. The number of hydrogen-bond acceptors (Lipinski definition) is 5. The fourth-order valence-corrected chi connectivity index (χ4v) is 2.28. The van der Waals surface area contributed by atoms with Gasteiger partial charge in [-0.15, -0.1) is 0 Å². The molecule has 0 aliphatic carbocycles. The quantitative estimate of drug-likeness (QED) is 0.475. The molecule has 1 aromatic rings. The molecule has 0 atom stereocenters. The predicted octanol–water partition coefficient (Wildman–Crippen LogP) is 0.211. The SMILES string of the molecule is CCOCCNC(=NC)N1CCN(c2ncccn2)CC1. The number of rotatable bonds is 5. The molecule has 0 radical (unpaired) electrons. The minimum atomic E-state index is 0.702. The van der Waals surface area contributed by atoms with Gasteiger partial charge in [0.2, 0.25) is 5.95 Å². The molecule has 2 rings (SSSR count). The average Bonchev–Trinajstić information content (AvgIpc) is 2.56. The number of hydrogen-bond donors (Lipinski definition) is 1. The van der Waals surface area contributed by atoms with Gasteiger partial charge in [-0.05, 0) is 13.0 Å². The van der Waals surface area contributed by atoms with Crippen molar-refractivity contribution in [1.29, 1.82) is 0 Å². The Morgan fingerprint density at radius 3 is 2.62 bits per heavy atom. The molecule has 0 saturated carbocycles. The molecule has 0 unspecified atom stereocenters. The predicted molar refractivity (Wildman–Crippen MR) is 83.7 cm³/mol. The van der Waals surface area contributed by atoms with E-state index in [0.29, 0.717) is 6.61 Å². The highest BCUT2D eigenvalue weighted by Crippen LogP contribution is 2.09. The fraction of sp³-hybridized carbons (Fsp3) is 0.643. The molecular weight excluding hydrogens is 268 g/mol. The standard InChI is InChI=1S/C14H24N6O/c1-3-21-12-7-18-13(15-2)19-8-10-20(11-9-19)14-16-5-4-6-17-14/h4-6H,3,7-12H2,1-2H3,(H,15,18). The third-order valence-corrected chi connectivity index (χ3v) is 3.36. The van der Waals surface area contributed by atoms with Gasteiger partial charge in [0.1, 0.15) is 0 Å². The van der Waals surface area contributed by atoms with Crippen LogP contribution in [0, 0.1) is 0 Å². The molecule has 1 aliphatic heterocycles. The van der Waals surface area contributed by atoms with Crippen molar-refractivity contribution in [3.8, 4) is 0 Å². The first kappa shape index (κ1) is 15.5. The molecule has 1 saturated heterocycles.